The van der Waals surface area contributed by atoms with Gasteiger partial charge in [-0.2, -0.15) is 5.10 Å². The highest BCUT2D eigenvalue weighted by Gasteiger charge is 2.24. The highest BCUT2D eigenvalue weighted by Crippen LogP contribution is 2.18. The van der Waals surface area contributed by atoms with Gasteiger partial charge < -0.3 is 9.42 Å². The second kappa shape index (κ2) is 8.07. The molecule has 3 aromatic rings. The number of amides is 1. The Hall–Kier alpha value is -3.53. The molecule has 1 amide bonds. The number of hydrogen-bond acceptors (Lipinski definition) is 7. The molecule has 1 aliphatic rings. The zero-order chi connectivity index (χ0) is 21.3. The monoisotopic (exact) mass is 410 g/mol. The second-order valence-corrected chi connectivity index (χ2v) is 7.32. The summed E-state index contributed by atoms with van der Waals surface area (Å²) in [6, 6.07) is 6.03. The van der Waals surface area contributed by atoms with Crippen LogP contribution in [0, 0.1) is 24.0 Å². The fraction of sp³-hybridized carbons (Fsp3) is 0.350. The summed E-state index contributed by atoms with van der Waals surface area (Å²) in [7, 11) is 0. The van der Waals surface area contributed by atoms with E-state index < -0.39 is 4.92 Å². The van der Waals surface area contributed by atoms with Crippen LogP contribution in [0.5, 0.6) is 0 Å². The van der Waals surface area contributed by atoms with Crippen molar-refractivity contribution in [3.05, 3.63) is 69.4 Å². The van der Waals surface area contributed by atoms with Gasteiger partial charge in [-0.25, -0.2) is 4.68 Å². The van der Waals surface area contributed by atoms with Gasteiger partial charge in [-0.15, -0.1) is 0 Å². The van der Waals surface area contributed by atoms with Crippen LogP contribution in [0.15, 0.2) is 41.2 Å². The van der Waals surface area contributed by atoms with Crippen LogP contribution >= 0.6 is 0 Å². The smallest absolute Gasteiger partial charge is 0.269 e. The van der Waals surface area contributed by atoms with Crippen LogP contribution in [0.2, 0.25) is 0 Å². The average molecular weight is 410 g/mol. The summed E-state index contributed by atoms with van der Waals surface area (Å²) in [5.41, 5.74) is 3.18. The van der Waals surface area contributed by atoms with Gasteiger partial charge >= 0.3 is 0 Å². The molecule has 3 heterocycles. The van der Waals surface area contributed by atoms with Crippen molar-refractivity contribution >= 4 is 11.6 Å². The van der Waals surface area contributed by atoms with Crippen molar-refractivity contribution < 1.29 is 14.2 Å². The molecule has 10 nitrogen and oxygen atoms in total. The lowest BCUT2D eigenvalue weighted by atomic mass is 10.1. The Labute approximate surface area is 172 Å². The van der Waals surface area contributed by atoms with Gasteiger partial charge in [0.05, 0.1) is 28.1 Å². The number of carbonyl (C=O) groups excluding carboxylic acids is 1. The first-order chi connectivity index (χ1) is 14.4. The normalized spacial score (nSPS) is 14.8. The molecule has 10 heteroatoms. The van der Waals surface area contributed by atoms with Gasteiger partial charge in [0.15, 0.2) is 0 Å². The maximum Gasteiger partial charge on any atom is 0.269 e. The van der Waals surface area contributed by atoms with Crippen molar-refractivity contribution in [2.45, 2.75) is 20.4 Å². The van der Waals surface area contributed by atoms with Crippen LogP contribution < -0.4 is 0 Å². The fourth-order valence-electron chi connectivity index (χ4n) is 3.54. The van der Waals surface area contributed by atoms with Crippen LogP contribution in [-0.2, 0) is 6.54 Å². The molecule has 0 radical (unpaired) electrons. The number of nitro groups is 1. The summed E-state index contributed by atoms with van der Waals surface area (Å²) < 4.78 is 6.77. The number of carbonyl (C=O) groups is 1. The molecule has 2 aromatic heterocycles. The van der Waals surface area contributed by atoms with Crippen LogP contribution in [0.4, 0.5) is 5.69 Å². The average Bonchev–Trinajstić information content (AvgIpc) is 3.37. The van der Waals surface area contributed by atoms with E-state index in [-0.39, 0.29) is 11.6 Å². The van der Waals surface area contributed by atoms with Crippen LogP contribution in [-0.4, -0.2) is 61.7 Å². The summed E-state index contributed by atoms with van der Waals surface area (Å²) in [6.07, 6.45) is 3.18. The topological polar surface area (TPSA) is 111 Å². The number of benzene rings is 1. The summed E-state index contributed by atoms with van der Waals surface area (Å²) in [6.45, 7) is 7.42. The van der Waals surface area contributed by atoms with Gasteiger partial charge in [-0.3, -0.25) is 19.8 Å². The second-order valence-electron chi connectivity index (χ2n) is 7.32. The number of nitrogens with zero attached hydrogens (tertiary/aromatic N) is 6. The van der Waals surface area contributed by atoms with E-state index in [1.165, 1.54) is 18.3 Å². The van der Waals surface area contributed by atoms with E-state index in [9.17, 15) is 14.9 Å². The Morgan fingerprint density at radius 3 is 2.47 bits per heavy atom. The molecular formula is C20H22N6O4. The Balaban J connectivity index is 1.37. The molecule has 4 rings (SSSR count). The third-order valence-electron chi connectivity index (χ3n) is 5.38. The van der Waals surface area contributed by atoms with E-state index >= 15 is 0 Å². The molecule has 0 N–H and O–H groups in total. The van der Waals surface area contributed by atoms with Gasteiger partial charge in [0, 0.05) is 56.6 Å². The number of aryl methyl sites for hydroxylation is 2. The lowest BCUT2D eigenvalue weighted by Gasteiger charge is -2.34. The summed E-state index contributed by atoms with van der Waals surface area (Å²) >= 11 is 0. The molecule has 1 fully saturated rings. The van der Waals surface area contributed by atoms with Crippen LogP contribution in [0.3, 0.4) is 0 Å². The number of non-ortho nitro benzene ring substituents is 1. The Morgan fingerprint density at radius 2 is 1.87 bits per heavy atom. The molecule has 0 bridgehead atoms. The number of nitro benzene ring substituents is 1. The van der Waals surface area contributed by atoms with E-state index in [2.05, 4.69) is 15.2 Å². The maximum atomic E-state index is 12.9. The number of piperazine rings is 1. The fourth-order valence-corrected chi connectivity index (χ4v) is 3.54. The summed E-state index contributed by atoms with van der Waals surface area (Å²) in [5.74, 6) is 0.768. The molecule has 0 atom stereocenters. The Bertz CT molecular complexity index is 1040. The lowest BCUT2D eigenvalue weighted by molar-refractivity contribution is -0.384. The van der Waals surface area contributed by atoms with Gasteiger partial charge in [-0.05, 0) is 26.0 Å². The van der Waals surface area contributed by atoms with E-state index in [0.29, 0.717) is 24.3 Å². The number of aromatic nitrogens is 3. The van der Waals surface area contributed by atoms with E-state index in [1.54, 1.807) is 23.0 Å². The van der Waals surface area contributed by atoms with Crippen molar-refractivity contribution in [2.24, 2.45) is 0 Å². The minimum Gasteiger partial charge on any atom is -0.361 e. The highest BCUT2D eigenvalue weighted by molar-refractivity contribution is 5.93. The molecule has 0 unspecified atom stereocenters. The molecule has 1 saturated heterocycles. The molecule has 0 aliphatic carbocycles. The van der Waals surface area contributed by atoms with Gasteiger partial charge in [0.25, 0.3) is 11.6 Å². The van der Waals surface area contributed by atoms with Crippen molar-refractivity contribution in [3.63, 3.8) is 0 Å². The first-order valence-electron chi connectivity index (χ1n) is 9.65. The van der Waals surface area contributed by atoms with Crippen LogP contribution in [0.25, 0.3) is 5.69 Å². The van der Waals surface area contributed by atoms with Crippen molar-refractivity contribution in [1.82, 2.24) is 24.7 Å². The third-order valence-corrected chi connectivity index (χ3v) is 5.38. The predicted octanol–water partition coefficient (Wildman–Crippen LogP) is 2.34. The van der Waals surface area contributed by atoms with Gasteiger partial charge in [-0.1, -0.05) is 5.16 Å². The summed E-state index contributed by atoms with van der Waals surface area (Å²) in [4.78, 5) is 27.3. The third kappa shape index (κ3) is 3.94. The number of rotatable bonds is 5. The highest BCUT2D eigenvalue weighted by atomic mass is 16.6. The Morgan fingerprint density at radius 1 is 1.17 bits per heavy atom. The van der Waals surface area contributed by atoms with Crippen molar-refractivity contribution in [3.8, 4) is 5.69 Å². The number of hydrogen-bond donors (Lipinski definition) is 0. The largest absolute Gasteiger partial charge is 0.361 e. The molecule has 0 saturated carbocycles. The zero-order valence-electron chi connectivity index (χ0n) is 16.8. The first kappa shape index (κ1) is 19.8. The van der Waals surface area contributed by atoms with Crippen molar-refractivity contribution in [1.29, 1.82) is 0 Å². The quantitative estimate of drug-likeness (QED) is 0.469. The lowest BCUT2D eigenvalue weighted by Crippen LogP contribution is -2.48. The van der Waals surface area contributed by atoms with Gasteiger partial charge in [0.2, 0.25) is 0 Å². The first-order valence-corrected chi connectivity index (χ1v) is 9.65. The molecule has 1 aromatic carbocycles. The molecule has 0 spiro atoms. The SMILES string of the molecule is Cc1noc(C)c1CN1CCN(C(=O)c2cnn(-c3ccc([N+](=O)[O-])cc3)c2)CC1. The minimum absolute atomic E-state index is 0.0108. The zero-order valence-corrected chi connectivity index (χ0v) is 16.8. The standard InChI is InChI=1S/C20H22N6O4/c1-14-19(15(2)30-22-14)13-23-7-9-24(10-8-23)20(27)16-11-21-25(12-16)17-3-5-18(6-4-17)26(28)29/h3-6,11-12H,7-10,13H2,1-2H3. The van der Waals surface area contributed by atoms with Crippen LogP contribution in [0.1, 0.15) is 27.4 Å². The molecule has 30 heavy (non-hydrogen) atoms. The van der Waals surface area contributed by atoms with E-state index in [1.807, 2.05) is 18.7 Å². The molecular weight excluding hydrogens is 388 g/mol. The Kier molecular flexibility index (Phi) is 5.32. The predicted molar refractivity (Wildman–Crippen MR) is 107 cm³/mol. The minimum atomic E-state index is -0.451. The summed E-state index contributed by atoms with van der Waals surface area (Å²) in [5, 5.41) is 19.0. The van der Waals surface area contributed by atoms with E-state index in [4.69, 9.17) is 4.52 Å². The van der Waals surface area contributed by atoms with Gasteiger partial charge in [0.1, 0.15) is 5.76 Å². The van der Waals surface area contributed by atoms with E-state index in [0.717, 1.165) is 36.7 Å². The molecule has 156 valence electrons. The maximum absolute atomic E-state index is 12.9. The van der Waals surface area contributed by atoms with Crippen molar-refractivity contribution in [2.75, 3.05) is 26.2 Å². The molecule has 1 aliphatic heterocycles.